The molecule has 0 aliphatic carbocycles. The van der Waals surface area contributed by atoms with E-state index < -0.39 is 17.5 Å². The Labute approximate surface area is 189 Å². The number of benzene rings is 3. The van der Waals surface area contributed by atoms with Crippen molar-refractivity contribution in [3.63, 3.8) is 0 Å². The lowest BCUT2D eigenvalue weighted by atomic mass is 9.99. The van der Waals surface area contributed by atoms with Crippen LogP contribution in [0.4, 0.5) is 14.5 Å². The van der Waals surface area contributed by atoms with Gasteiger partial charge in [0.1, 0.15) is 28.7 Å². The highest BCUT2D eigenvalue weighted by molar-refractivity contribution is 6.05. The Morgan fingerprint density at radius 1 is 1.00 bits per heavy atom. The first-order valence-corrected chi connectivity index (χ1v) is 10.1. The van der Waals surface area contributed by atoms with Crippen LogP contribution in [-0.2, 0) is 4.79 Å². The average Bonchev–Trinajstić information content (AvgIpc) is 3.23. The molecule has 3 aromatic carbocycles. The number of nitrogens with one attached hydrogen (secondary N) is 1. The number of ether oxygens (including phenoxy) is 2. The molecule has 0 atom stereocenters. The number of halogens is 2. The zero-order valence-electron chi connectivity index (χ0n) is 18.2. The van der Waals surface area contributed by atoms with Gasteiger partial charge in [-0.15, -0.1) is 0 Å². The third-order valence-corrected chi connectivity index (χ3v) is 5.26. The van der Waals surface area contributed by atoms with Crippen molar-refractivity contribution in [1.29, 1.82) is 0 Å². The number of carbonyl (C=O) groups is 1. The molecule has 1 aromatic heterocycles. The van der Waals surface area contributed by atoms with Crippen molar-refractivity contribution >= 4 is 28.1 Å². The van der Waals surface area contributed by atoms with Crippen molar-refractivity contribution in [3.8, 4) is 22.6 Å². The van der Waals surface area contributed by atoms with Crippen LogP contribution in [0.1, 0.15) is 12.5 Å². The molecule has 168 valence electrons. The molecule has 0 fully saturated rings. The van der Waals surface area contributed by atoms with E-state index >= 15 is 0 Å². The first-order chi connectivity index (χ1) is 15.9. The number of methoxy groups -OCH3 is 2. The number of furan rings is 1. The lowest BCUT2D eigenvalue weighted by molar-refractivity contribution is -0.111. The Hall–Kier alpha value is -4.13. The van der Waals surface area contributed by atoms with Crippen LogP contribution < -0.4 is 14.8 Å². The number of hydrogen-bond acceptors (Lipinski definition) is 4. The standard InChI is InChI=1S/C26H21F2NO4/c1-15(10-26(30)29-23-9-6-17(27)11-22(23)28)19-12-20-21(14-33-25(20)13-24(19)32-3)16-4-7-18(31-2)8-5-16/h4-14H,1-3H3,(H,29,30)/b15-10+. The van der Waals surface area contributed by atoms with Crippen LogP contribution in [0, 0.1) is 11.6 Å². The normalized spacial score (nSPS) is 11.5. The van der Waals surface area contributed by atoms with Crippen LogP contribution in [0.5, 0.6) is 11.5 Å². The van der Waals surface area contributed by atoms with E-state index in [0.29, 0.717) is 28.5 Å². The van der Waals surface area contributed by atoms with E-state index in [-0.39, 0.29) is 5.69 Å². The summed E-state index contributed by atoms with van der Waals surface area (Å²) >= 11 is 0. The first-order valence-electron chi connectivity index (χ1n) is 10.1. The van der Waals surface area contributed by atoms with Crippen LogP contribution in [-0.4, -0.2) is 20.1 Å². The van der Waals surface area contributed by atoms with E-state index in [4.69, 9.17) is 13.9 Å². The summed E-state index contributed by atoms with van der Waals surface area (Å²) in [6, 6.07) is 14.2. The van der Waals surface area contributed by atoms with Crippen LogP contribution in [0.25, 0.3) is 27.7 Å². The van der Waals surface area contributed by atoms with Gasteiger partial charge in [-0.2, -0.15) is 0 Å². The average molecular weight is 449 g/mol. The molecule has 7 heteroatoms. The highest BCUT2D eigenvalue weighted by Crippen LogP contribution is 2.37. The second kappa shape index (κ2) is 9.16. The monoisotopic (exact) mass is 449 g/mol. The topological polar surface area (TPSA) is 60.7 Å². The predicted molar refractivity (Wildman–Crippen MR) is 123 cm³/mol. The molecule has 4 rings (SSSR count). The smallest absolute Gasteiger partial charge is 0.248 e. The molecule has 0 radical (unpaired) electrons. The van der Waals surface area contributed by atoms with E-state index in [9.17, 15) is 13.6 Å². The van der Waals surface area contributed by atoms with E-state index in [0.717, 1.165) is 28.3 Å². The molecule has 0 aliphatic heterocycles. The first kappa shape index (κ1) is 22.1. The van der Waals surface area contributed by atoms with Gasteiger partial charge in [-0.3, -0.25) is 4.79 Å². The minimum atomic E-state index is -0.851. The molecule has 0 bridgehead atoms. The number of rotatable bonds is 6. The van der Waals surface area contributed by atoms with Gasteiger partial charge in [-0.1, -0.05) is 12.1 Å². The summed E-state index contributed by atoms with van der Waals surface area (Å²) in [5, 5.41) is 3.27. The number of fused-ring (bicyclic) bond motifs is 1. The SMILES string of the molecule is COc1ccc(-c2coc3cc(OC)c(/C(C)=C/C(=O)Nc4ccc(F)cc4F)cc23)cc1. The van der Waals surface area contributed by atoms with Crippen LogP contribution >= 0.6 is 0 Å². The van der Waals surface area contributed by atoms with Gasteiger partial charge in [0.05, 0.1) is 26.2 Å². The highest BCUT2D eigenvalue weighted by atomic mass is 19.1. The molecule has 0 saturated carbocycles. The van der Waals surface area contributed by atoms with E-state index in [1.807, 2.05) is 30.3 Å². The van der Waals surface area contributed by atoms with E-state index in [2.05, 4.69) is 5.32 Å². The third-order valence-electron chi connectivity index (χ3n) is 5.26. The Kier molecular flexibility index (Phi) is 6.13. The second-order valence-electron chi connectivity index (χ2n) is 7.37. The second-order valence-corrected chi connectivity index (χ2v) is 7.37. The zero-order valence-corrected chi connectivity index (χ0v) is 18.2. The van der Waals surface area contributed by atoms with Gasteiger partial charge in [0.2, 0.25) is 5.91 Å². The fraction of sp³-hybridized carbons (Fsp3) is 0.115. The zero-order chi connectivity index (χ0) is 23.5. The summed E-state index contributed by atoms with van der Waals surface area (Å²) in [6.45, 7) is 1.75. The molecule has 1 heterocycles. The number of carbonyl (C=O) groups excluding carboxylic acids is 1. The summed E-state index contributed by atoms with van der Waals surface area (Å²) in [5.41, 5.74) is 3.61. The molecule has 4 aromatic rings. The molecule has 0 spiro atoms. The maximum absolute atomic E-state index is 13.9. The van der Waals surface area contributed by atoms with Gasteiger partial charge in [-0.05, 0) is 48.4 Å². The fourth-order valence-corrected chi connectivity index (χ4v) is 3.56. The fourth-order valence-electron chi connectivity index (χ4n) is 3.56. The summed E-state index contributed by atoms with van der Waals surface area (Å²) < 4.78 is 43.4. The number of amides is 1. The molecule has 1 N–H and O–H groups in total. The Morgan fingerprint density at radius 2 is 1.76 bits per heavy atom. The van der Waals surface area contributed by atoms with Crippen molar-refractivity contribution in [2.45, 2.75) is 6.92 Å². The quantitative estimate of drug-likeness (QED) is 0.344. The molecular formula is C26H21F2NO4. The lowest BCUT2D eigenvalue weighted by Crippen LogP contribution is -2.10. The Bertz CT molecular complexity index is 1360. The number of hydrogen-bond donors (Lipinski definition) is 1. The highest BCUT2D eigenvalue weighted by Gasteiger charge is 2.15. The Morgan fingerprint density at radius 3 is 2.42 bits per heavy atom. The molecule has 0 aliphatic rings. The van der Waals surface area contributed by atoms with Crippen molar-refractivity contribution in [2.75, 3.05) is 19.5 Å². The number of anilines is 1. The van der Waals surface area contributed by atoms with Crippen molar-refractivity contribution in [1.82, 2.24) is 0 Å². The summed E-state index contributed by atoms with van der Waals surface area (Å²) in [4.78, 5) is 12.5. The van der Waals surface area contributed by atoms with Crippen molar-refractivity contribution in [3.05, 3.63) is 84.1 Å². The van der Waals surface area contributed by atoms with Crippen molar-refractivity contribution in [2.24, 2.45) is 0 Å². The lowest BCUT2D eigenvalue weighted by Gasteiger charge is -2.10. The minimum Gasteiger partial charge on any atom is -0.497 e. The molecule has 1 amide bonds. The van der Waals surface area contributed by atoms with Gasteiger partial charge < -0.3 is 19.2 Å². The van der Waals surface area contributed by atoms with Gasteiger partial charge >= 0.3 is 0 Å². The summed E-state index contributed by atoms with van der Waals surface area (Å²) in [5.74, 6) is -0.856. The maximum atomic E-state index is 13.9. The molecule has 33 heavy (non-hydrogen) atoms. The van der Waals surface area contributed by atoms with Crippen LogP contribution in [0.2, 0.25) is 0 Å². The number of allylic oxidation sites excluding steroid dienone is 1. The predicted octanol–water partition coefficient (Wildman–Crippen LogP) is 6.44. The molecule has 5 nitrogen and oxygen atoms in total. The molecule has 0 saturated heterocycles. The van der Waals surface area contributed by atoms with Gasteiger partial charge in [0, 0.05) is 34.7 Å². The molecular weight excluding hydrogens is 428 g/mol. The van der Waals surface area contributed by atoms with Crippen LogP contribution in [0.3, 0.4) is 0 Å². The third kappa shape index (κ3) is 4.57. The minimum absolute atomic E-state index is 0.107. The van der Waals surface area contributed by atoms with Crippen LogP contribution in [0.15, 0.2) is 71.4 Å². The van der Waals surface area contributed by atoms with Gasteiger partial charge in [-0.25, -0.2) is 8.78 Å². The van der Waals surface area contributed by atoms with Crippen molar-refractivity contribution < 1.29 is 27.5 Å². The summed E-state index contributed by atoms with van der Waals surface area (Å²) in [6.07, 6.45) is 3.00. The van der Waals surface area contributed by atoms with Gasteiger partial charge in [0.15, 0.2) is 0 Å². The van der Waals surface area contributed by atoms with Gasteiger partial charge in [0.25, 0.3) is 0 Å². The Balaban J connectivity index is 1.69. The van der Waals surface area contributed by atoms with E-state index in [1.54, 1.807) is 26.4 Å². The largest absolute Gasteiger partial charge is 0.497 e. The molecule has 0 unspecified atom stereocenters. The maximum Gasteiger partial charge on any atom is 0.248 e. The summed E-state index contributed by atoms with van der Waals surface area (Å²) in [7, 11) is 3.13. The van der Waals surface area contributed by atoms with E-state index in [1.165, 1.54) is 19.3 Å².